The molecule has 0 fully saturated rings. The van der Waals surface area contributed by atoms with E-state index >= 15 is 0 Å². The van der Waals surface area contributed by atoms with Crippen LogP contribution in [-0.2, 0) is 9.59 Å². The van der Waals surface area contributed by atoms with Crippen LogP contribution in [0.4, 0.5) is 0 Å². The normalized spacial score (nSPS) is 10.5. The van der Waals surface area contributed by atoms with Gasteiger partial charge in [-0.05, 0) is 38.8 Å². The maximum Gasteiger partial charge on any atom is 0.311 e. The molecule has 0 atom stereocenters. The molecule has 0 aromatic heterocycles. The Kier molecular flexibility index (Phi) is 8.90. The summed E-state index contributed by atoms with van der Waals surface area (Å²) < 4.78 is 16.3. The Balaban J connectivity index is 2.90. The second kappa shape index (κ2) is 10.7. The minimum Gasteiger partial charge on any atom is -0.491 e. The molecule has 1 rings (SSSR count). The number of benzene rings is 1. The van der Waals surface area contributed by atoms with Crippen molar-refractivity contribution in [1.82, 2.24) is 0 Å². The summed E-state index contributed by atoms with van der Waals surface area (Å²) in [5.41, 5.74) is 0. The van der Waals surface area contributed by atoms with E-state index in [-0.39, 0.29) is 29.5 Å². The van der Waals surface area contributed by atoms with Crippen molar-refractivity contribution in [3.05, 3.63) is 18.2 Å². The molecule has 1 aromatic rings. The number of hydrogen-bond acceptors (Lipinski definition) is 5. The zero-order valence-corrected chi connectivity index (χ0v) is 15.1. The first-order chi connectivity index (χ1) is 11.5. The largest absolute Gasteiger partial charge is 0.491 e. The van der Waals surface area contributed by atoms with E-state index in [1.54, 1.807) is 18.2 Å². The summed E-state index contributed by atoms with van der Waals surface area (Å²) in [5, 5.41) is 0. The number of carbonyl (C=O) groups is 2. The average molecular weight is 336 g/mol. The molecule has 0 aliphatic rings. The summed E-state index contributed by atoms with van der Waals surface area (Å²) in [4.78, 5) is 23.8. The van der Waals surface area contributed by atoms with Crippen molar-refractivity contribution in [3.63, 3.8) is 0 Å². The van der Waals surface area contributed by atoms with E-state index in [4.69, 9.17) is 14.2 Å². The number of carbonyl (C=O) groups excluding carboxylic acids is 2. The highest BCUT2D eigenvalue weighted by Gasteiger charge is 2.15. The zero-order chi connectivity index (χ0) is 17.9. The van der Waals surface area contributed by atoms with Gasteiger partial charge in [0.05, 0.1) is 6.10 Å². The summed E-state index contributed by atoms with van der Waals surface area (Å²) >= 11 is 0. The van der Waals surface area contributed by atoms with E-state index in [9.17, 15) is 9.59 Å². The summed E-state index contributed by atoms with van der Waals surface area (Å²) in [6.07, 6.45) is 4.00. The summed E-state index contributed by atoms with van der Waals surface area (Å²) in [6, 6.07) is 4.89. The Morgan fingerprint density at radius 1 is 0.917 bits per heavy atom. The van der Waals surface area contributed by atoms with Crippen molar-refractivity contribution in [3.8, 4) is 17.2 Å². The van der Waals surface area contributed by atoms with Gasteiger partial charge in [0.25, 0.3) is 0 Å². The van der Waals surface area contributed by atoms with Crippen molar-refractivity contribution in [2.75, 3.05) is 0 Å². The molecule has 0 unspecified atom stereocenters. The summed E-state index contributed by atoms with van der Waals surface area (Å²) in [5.74, 6) is 0.359. The zero-order valence-electron chi connectivity index (χ0n) is 15.1. The van der Waals surface area contributed by atoms with Crippen molar-refractivity contribution in [2.24, 2.45) is 0 Å². The van der Waals surface area contributed by atoms with Crippen LogP contribution in [-0.4, -0.2) is 18.0 Å². The molecule has 5 nitrogen and oxygen atoms in total. The lowest BCUT2D eigenvalue weighted by molar-refractivity contribution is -0.137. The Bertz CT molecular complexity index is 537. The summed E-state index contributed by atoms with van der Waals surface area (Å²) in [7, 11) is 0. The SMILES string of the molecule is CCCCC(=O)Oc1ccc(OC(C)C)cc1OC(=O)CCCC. The third-order valence-corrected chi connectivity index (χ3v) is 3.20. The second-order valence-corrected chi connectivity index (χ2v) is 5.93. The monoisotopic (exact) mass is 336 g/mol. The highest BCUT2D eigenvalue weighted by atomic mass is 16.6. The van der Waals surface area contributed by atoms with Crippen LogP contribution in [0.2, 0.25) is 0 Å². The van der Waals surface area contributed by atoms with Gasteiger partial charge < -0.3 is 14.2 Å². The number of hydrogen-bond donors (Lipinski definition) is 0. The molecule has 0 aliphatic carbocycles. The van der Waals surface area contributed by atoms with Gasteiger partial charge in [-0.3, -0.25) is 9.59 Å². The molecular weight excluding hydrogens is 308 g/mol. The molecule has 0 aliphatic heterocycles. The van der Waals surface area contributed by atoms with Gasteiger partial charge in [0.2, 0.25) is 0 Å². The first-order valence-electron chi connectivity index (χ1n) is 8.68. The third kappa shape index (κ3) is 7.49. The Morgan fingerprint density at radius 3 is 1.96 bits per heavy atom. The standard InChI is InChI=1S/C19H28O5/c1-5-7-9-18(20)23-16-12-11-15(22-14(3)4)13-17(16)24-19(21)10-8-6-2/h11-14H,5-10H2,1-4H3. The van der Waals surface area contributed by atoms with Gasteiger partial charge in [-0.15, -0.1) is 0 Å². The topological polar surface area (TPSA) is 61.8 Å². The van der Waals surface area contributed by atoms with E-state index in [1.165, 1.54) is 0 Å². The van der Waals surface area contributed by atoms with Gasteiger partial charge in [0.15, 0.2) is 11.5 Å². The van der Waals surface area contributed by atoms with Crippen molar-refractivity contribution < 1.29 is 23.8 Å². The van der Waals surface area contributed by atoms with E-state index in [1.807, 2.05) is 27.7 Å². The van der Waals surface area contributed by atoms with Gasteiger partial charge in [-0.2, -0.15) is 0 Å². The second-order valence-electron chi connectivity index (χ2n) is 5.93. The smallest absolute Gasteiger partial charge is 0.311 e. The molecule has 24 heavy (non-hydrogen) atoms. The third-order valence-electron chi connectivity index (χ3n) is 3.20. The van der Waals surface area contributed by atoms with Crippen LogP contribution in [0, 0.1) is 0 Å². The Morgan fingerprint density at radius 2 is 1.46 bits per heavy atom. The molecule has 0 saturated carbocycles. The Hall–Kier alpha value is -2.04. The van der Waals surface area contributed by atoms with Crippen LogP contribution in [0.5, 0.6) is 17.2 Å². The molecule has 0 radical (unpaired) electrons. The molecule has 1 aromatic carbocycles. The van der Waals surface area contributed by atoms with Gasteiger partial charge >= 0.3 is 11.9 Å². The Labute approximate surface area is 144 Å². The highest BCUT2D eigenvalue weighted by Crippen LogP contribution is 2.33. The maximum atomic E-state index is 11.9. The summed E-state index contributed by atoms with van der Waals surface area (Å²) in [6.45, 7) is 7.83. The average Bonchev–Trinajstić information content (AvgIpc) is 2.52. The predicted octanol–water partition coefficient (Wildman–Crippen LogP) is 4.67. The highest BCUT2D eigenvalue weighted by molar-refractivity contribution is 5.76. The minimum absolute atomic E-state index is 0.00778. The lowest BCUT2D eigenvalue weighted by Gasteiger charge is -2.14. The lowest BCUT2D eigenvalue weighted by atomic mass is 10.2. The molecule has 0 amide bonds. The maximum absolute atomic E-state index is 11.9. The molecule has 134 valence electrons. The van der Waals surface area contributed by atoms with Crippen LogP contribution < -0.4 is 14.2 Å². The van der Waals surface area contributed by atoms with Crippen molar-refractivity contribution in [1.29, 1.82) is 0 Å². The van der Waals surface area contributed by atoms with E-state index in [0.29, 0.717) is 18.6 Å². The molecule has 0 heterocycles. The number of esters is 2. The van der Waals surface area contributed by atoms with Crippen LogP contribution in [0.25, 0.3) is 0 Å². The first-order valence-corrected chi connectivity index (χ1v) is 8.68. The lowest BCUT2D eigenvalue weighted by Crippen LogP contribution is -2.12. The van der Waals surface area contributed by atoms with E-state index in [0.717, 1.165) is 25.7 Å². The molecule has 0 saturated heterocycles. The fraction of sp³-hybridized carbons (Fsp3) is 0.579. The van der Waals surface area contributed by atoms with Crippen LogP contribution >= 0.6 is 0 Å². The fourth-order valence-corrected chi connectivity index (χ4v) is 1.99. The van der Waals surface area contributed by atoms with Crippen molar-refractivity contribution in [2.45, 2.75) is 72.3 Å². The molecule has 0 bridgehead atoms. The van der Waals surface area contributed by atoms with Crippen LogP contribution in [0.3, 0.4) is 0 Å². The minimum atomic E-state index is -0.343. The first kappa shape index (κ1) is 20.0. The fourth-order valence-electron chi connectivity index (χ4n) is 1.99. The quantitative estimate of drug-likeness (QED) is 0.459. The van der Waals surface area contributed by atoms with Crippen LogP contribution in [0.1, 0.15) is 66.2 Å². The van der Waals surface area contributed by atoms with Gasteiger partial charge in [0, 0.05) is 18.9 Å². The number of ether oxygens (including phenoxy) is 3. The van der Waals surface area contributed by atoms with Gasteiger partial charge in [-0.1, -0.05) is 26.7 Å². The van der Waals surface area contributed by atoms with Crippen LogP contribution in [0.15, 0.2) is 18.2 Å². The molecule has 0 spiro atoms. The van der Waals surface area contributed by atoms with Gasteiger partial charge in [0.1, 0.15) is 5.75 Å². The number of rotatable bonds is 10. The number of unbranched alkanes of at least 4 members (excludes halogenated alkanes) is 2. The predicted molar refractivity (Wildman–Crippen MR) is 92.5 cm³/mol. The molecule has 5 heteroatoms. The van der Waals surface area contributed by atoms with E-state index < -0.39 is 0 Å². The van der Waals surface area contributed by atoms with Gasteiger partial charge in [-0.25, -0.2) is 0 Å². The molecule has 0 N–H and O–H groups in total. The van der Waals surface area contributed by atoms with E-state index in [2.05, 4.69) is 0 Å². The molecular formula is C19H28O5. The van der Waals surface area contributed by atoms with Crippen molar-refractivity contribution >= 4 is 11.9 Å².